The molecule has 2 aromatic rings. The van der Waals surface area contributed by atoms with Crippen LogP contribution in [0.25, 0.3) is 0 Å². The monoisotopic (exact) mass is 526 g/mol. The van der Waals surface area contributed by atoms with Crippen molar-refractivity contribution in [3.8, 4) is 5.75 Å². The minimum Gasteiger partial charge on any atom is -0.506 e. The van der Waals surface area contributed by atoms with E-state index in [4.69, 9.17) is 9.47 Å². The zero-order valence-electron chi connectivity index (χ0n) is 23.5. The average Bonchev–Trinajstić information content (AvgIpc) is 2.89. The van der Waals surface area contributed by atoms with Gasteiger partial charge in [0.15, 0.2) is 0 Å². The van der Waals surface area contributed by atoms with Gasteiger partial charge in [-0.05, 0) is 86.5 Å². The molecule has 0 aliphatic rings. The van der Waals surface area contributed by atoms with Crippen molar-refractivity contribution in [1.29, 1.82) is 0 Å². The smallest absolute Gasteiger partial charge is 0.251 e. The van der Waals surface area contributed by atoms with Crippen LogP contribution in [0.5, 0.6) is 5.75 Å². The summed E-state index contributed by atoms with van der Waals surface area (Å²) >= 11 is 0. The highest BCUT2D eigenvalue weighted by molar-refractivity contribution is 5.94. The van der Waals surface area contributed by atoms with Gasteiger partial charge in [0.1, 0.15) is 11.4 Å². The Labute approximate surface area is 228 Å². The Bertz CT molecular complexity index is 961. The van der Waals surface area contributed by atoms with Gasteiger partial charge in [-0.2, -0.15) is 5.11 Å². The highest BCUT2D eigenvalue weighted by Crippen LogP contribution is 2.29. The van der Waals surface area contributed by atoms with Crippen molar-refractivity contribution in [2.75, 3.05) is 39.5 Å². The normalized spacial score (nSPS) is 11.6. The van der Waals surface area contributed by atoms with E-state index in [1.807, 2.05) is 12.1 Å². The molecule has 8 heteroatoms. The number of hydrogen-bond acceptors (Lipinski definition) is 7. The second-order valence-corrected chi connectivity index (χ2v) is 10.2. The van der Waals surface area contributed by atoms with Gasteiger partial charge >= 0.3 is 0 Å². The van der Waals surface area contributed by atoms with E-state index in [0.717, 1.165) is 56.9 Å². The van der Waals surface area contributed by atoms with E-state index < -0.39 is 0 Å². The van der Waals surface area contributed by atoms with E-state index in [0.29, 0.717) is 42.7 Å². The SMILES string of the molecule is CC(C)CCCOCCCOCCCNC(=O)c1ccc(/N=N/c2cc(CCNC(C)C)ccc2O)cc1. The maximum absolute atomic E-state index is 12.4. The van der Waals surface area contributed by atoms with E-state index in [1.54, 1.807) is 30.3 Å². The predicted octanol–water partition coefficient (Wildman–Crippen LogP) is 6.33. The molecule has 1 amide bonds. The first-order valence-corrected chi connectivity index (χ1v) is 13.9. The molecule has 0 saturated carbocycles. The Balaban J connectivity index is 1.64. The molecule has 0 radical (unpaired) electrons. The van der Waals surface area contributed by atoms with Crippen LogP contribution >= 0.6 is 0 Å². The Hall–Kier alpha value is -2.81. The summed E-state index contributed by atoms with van der Waals surface area (Å²) in [6, 6.07) is 12.7. The lowest BCUT2D eigenvalue weighted by Crippen LogP contribution is -2.25. The first-order chi connectivity index (χ1) is 18.3. The zero-order valence-corrected chi connectivity index (χ0v) is 23.5. The Kier molecular flexibility index (Phi) is 15.2. The minimum atomic E-state index is -0.136. The van der Waals surface area contributed by atoms with Gasteiger partial charge in [0, 0.05) is 44.6 Å². The summed E-state index contributed by atoms with van der Waals surface area (Å²) in [7, 11) is 0. The van der Waals surface area contributed by atoms with Crippen LogP contribution in [0, 0.1) is 5.92 Å². The molecule has 0 aliphatic carbocycles. The van der Waals surface area contributed by atoms with Crippen molar-refractivity contribution >= 4 is 17.3 Å². The van der Waals surface area contributed by atoms with E-state index in [-0.39, 0.29) is 11.7 Å². The first-order valence-electron chi connectivity index (χ1n) is 13.9. The summed E-state index contributed by atoms with van der Waals surface area (Å²) < 4.78 is 11.2. The van der Waals surface area contributed by atoms with Gasteiger partial charge in [-0.3, -0.25) is 4.79 Å². The van der Waals surface area contributed by atoms with Gasteiger partial charge < -0.3 is 25.2 Å². The fourth-order valence-electron chi connectivity index (χ4n) is 3.64. The summed E-state index contributed by atoms with van der Waals surface area (Å²) in [6.45, 7) is 12.9. The van der Waals surface area contributed by atoms with E-state index in [1.165, 1.54) is 6.42 Å². The Morgan fingerprint density at radius 2 is 1.55 bits per heavy atom. The van der Waals surface area contributed by atoms with Gasteiger partial charge in [0.2, 0.25) is 0 Å². The third-order valence-corrected chi connectivity index (χ3v) is 5.81. The molecule has 8 nitrogen and oxygen atoms in total. The van der Waals surface area contributed by atoms with Crippen LogP contribution in [0.15, 0.2) is 52.7 Å². The second-order valence-electron chi connectivity index (χ2n) is 10.2. The molecule has 0 heterocycles. The molecule has 2 aromatic carbocycles. The van der Waals surface area contributed by atoms with Crippen molar-refractivity contribution in [2.45, 2.75) is 65.8 Å². The second kappa shape index (κ2) is 18.4. The average molecular weight is 527 g/mol. The van der Waals surface area contributed by atoms with Crippen LogP contribution in [-0.4, -0.2) is 56.6 Å². The number of hydrogen-bond donors (Lipinski definition) is 3. The maximum atomic E-state index is 12.4. The van der Waals surface area contributed by atoms with Crippen molar-refractivity contribution < 1.29 is 19.4 Å². The van der Waals surface area contributed by atoms with Crippen LogP contribution in [0.2, 0.25) is 0 Å². The lowest BCUT2D eigenvalue weighted by Gasteiger charge is -2.08. The molecule has 2 rings (SSSR count). The third-order valence-electron chi connectivity index (χ3n) is 5.81. The van der Waals surface area contributed by atoms with Crippen LogP contribution in [0.1, 0.15) is 69.3 Å². The van der Waals surface area contributed by atoms with Gasteiger partial charge in [-0.25, -0.2) is 0 Å². The summed E-state index contributed by atoms with van der Waals surface area (Å²) in [5.41, 5.74) is 2.65. The molecule has 3 N–H and O–H groups in total. The van der Waals surface area contributed by atoms with Gasteiger partial charge in [-0.15, -0.1) is 5.11 Å². The lowest BCUT2D eigenvalue weighted by molar-refractivity contribution is 0.0786. The molecule has 210 valence electrons. The molecule has 0 spiro atoms. The summed E-state index contributed by atoms with van der Waals surface area (Å²) in [6.07, 6.45) is 4.79. The molecular formula is C30H46N4O4. The number of nitrogens with one attached hydrogen (secondary N) is 2. The number of carbonyl (C=O) groups excluding carboxylic acids is 1. The molecule has 0 unspecified atom stereocenters. The number of ether oxygens (including phenoxy) is 2. The van der Waals surface area contributed by atoms with Crippen LogP contribution in [-0.2, 0) is 15.9 Å². The number of phenolic OH excluding ortho intramolecular Hbond substituents is 1. The van der Waals surface area contributed by atoms with Crippen molar-refractivity contribution in [2.24, 2.45) is 16.1 Å². The van der Waals surface area contributed by atoms with Crippen molar-refractivity contribution in [1.82, 2.24) is 10.6 Å². The number of nitrogens with zero attached hydrogens (tertiary/aromatic N) is 2. The summed E-state index contributed by atoms with van der Waals surface area (Å²) in [5.74, 6) is 0.675. The largest absolute Gasteiger partial charge is 0.506 e. The van der Waals surface area contributed by atoms with E-state index in [9.17, 15) is 9.90 Å². The number of carbonyl (C=O) groups is 1. The van der Waals surface area contributed by atoms with E-state index >= 15 is 0 Å². The Morgan fingerprint density at radius 3 is 2.24 bits per heavy atom. The maximum Gasteiger partial charge on any atom is 0.251 e. The molecule has 0 aliphatic heterocycles. The molecule has 0 fully saturated rings. The summed E-state index contributed by atoms with van der Waals surface area (Å²) in [4.78, 5) is 12.4. The van der Waals surface area contributed by atoms with Crippen LogP contribution in [0.3, 0.4) is 0 Å². The highest BCUT2D eigenvalue weighted by atomic mass is 16.5. The Morgan fingerprint density at radius 1 is 0.868 bits per heavy atom. The standard InChI is InChI=1S/C30H46N4O4/c1-23(2)8-5-18-37-20-7-21-38-19-6-16-32-30(36)26-10-12-27(13-11-26)33-34-28-22-25(9-14-29(28)35)15-17-31-24(3)4/h9-14,22-24,31,35H,5-8,15-21H2,1-4H3,(H,32,36)/b34-33+. The highest BCUT2D eigenvalue weighted by Gasteiger charge is 2.06. The number of phenols is 1. The first kappa shape index (κ1) is 31.4. The number of amides is 1. The molecule has 38 heavy (non-hydrogen) atoms. The zero-order chi connectivity index (χ0) is 27.6. The number of benzene rings is 2. The number of azo groups is 1. The van der Waals surface area contributed by atoms with Crippen LogP contribution in [0.4, 0.5) is 11.4 Å². The van der Waals surface area contributed by atoms with Crippen LogP contribution < -0.4 is 10.6 Å². The van der Waals surface area contributed by atoms with E-state index in [2.05, 4.69) is 48.6 Å². The fraction of sp³-hybridized carbons (Fsp3) is 0.567. The topological polar surface area (TPSA) is 105 Å². The number of rotatable bonds is 19. The minimum absolute atomic E-state index is 0.0831. The summed E-state index contributed by atoms with van der Waals surface area (Å²) in [5, 5.41) is 24.8. The quantitative estimate of drug-likeness (QED) is 0.147. The number of aromatic hydroxyl groups is 1. The molecule has 0 atom stereocenters. The molecule has 0 saturated heterocycles. The van der Waals surface area contributed by atoms with Gasteiger partial charge in [0.25, 0.3) is 5.91 Å². The predicted molar refractivity (Wildman–Crippen MR) is 153 cm³/mol. The third kappa shape index (κ3) is 13.7. The molecule has 0 aromatic heterocycles. The molecule has 0 bridgehead atoms. The van der Waals surface area contributed by atoms with Crippen molar-refractivity contribution in [3.63, 3.8) is 0 Å². The van der Waals surface area contributed by atoms with Gasteiger partial charge in [0.05, 0.1) is 5.69 Å². The fourth-order valence-corrected chi connectivity index (χ4v) is 3.64. The van der Waals surface area contributed by atoms with Crippen molar-refractivity contribution in [3.05, 3.63) is 53.6 Å². The lowest BCUT2D eigenvalue weighted by atomic mass is 10.1. The van der Waals surface area contributed by atoms with Gasteiger partial charge in [-0.1, -0.05) is 33.8 Å². The molecular weight excluding hydrogens is 480 g/mol.